The van der Waals surface area contributed by atoms with Gasteiger partial charge in [0, 0.05) is 17.1 Å². The molecule has 0 unspecified atom stereocenters. The first kappa shape index (κ1) is 23.1. The first-order chi connectivity index (χ1) is 15.2. The molecule has 0 aliphatic rings. The third-order valence-electron chi connectivity index (χ3n) is 4.30. The van der Waals surface area contributed by atoms with Gasteiger partial charge in [-0.25, -0.2) is 9.97 Å². The van der Waals surface area contributed by atoms with Crippen molar-refractivity contribution in [1.82, 2.24) is 30.0 Å². The fraction of sp³-hybridized carbons (Fsp3) is 0.250. The van der Waals surface area contributed by atoms with E-state index in [1.54, 1.807) is 26.0 Å². The number of hydrogen-bond donors (Lipinski definition) is 1. The Kier molecular flexibility index (Phi) is 6.98. The Morgan fingerprint density at radius 3 is 2.78 bits per heavy atom. The molecule has 3 aromatic rings. The normalized spacial score (nSPS) is 11.3. The number of rotatable bonds is 6. The topological polar surface area (TPSA) is 141 Å². The summed E-state index contributed by atoms with van der Waals surface area (Å²) in [6.07, 6.45) is 1.42. The number of aryl methyl sites for hydroxylation is 1. The molecule has 0 saturated carbocycles. The summed E-state index contributed by atoms with van der Waals surface area (Å²) in [7, 11) is 1.53. The van der Waals surface area contributed by atoms with E-state index >= 15 is 0 Å². The van der Waals surface area contributed by atoms with Gasteiger partial charge in [-0.1, -0.05) is 27.3 Å². The van der Waals surface area contributed by atoms with Crippen molar-refractivity contribution in [1.29, 1.82) is 10.5 Å². The minimum Gasteiger partial charge on any atom is -0.342 e. The Balaban J connectivity index is 1.85. The molecule has 162 valence electrons. The molecule has 0 radical (unpaired) electrons. The van der Waals surface area contributed by atoms with E-state index in [0.29, 0.717) is 37.3 Å². The van der Waals surface area contributed by atoms with Gasteiger partial charge in [0.2, 0.25) is 5.13 Å². The van der Waals surface area contributed by atoms with Crippen LogP contribution in [0.1, 0.15) is 50.2 Å². The summed E-state index contributed by atoms with van der Waals surface area (Å²) in [4.78, 5) is 35.5. The van der Waals surface area contributed by atoms with Crippen molar-refractivity contribution in [3.05, 3.63) is 56.5 Å². The van der Waals surface area contributed by atoms with Crippen molar-refractivity contribution < 1.29 is 9.59 Å². The Hall–Kier alpha value is -3.61. The minimum absolute atomic E-state index is 0.0358. The molecule has 0 saturated heterocycles. The molecule has 2 aromatic heterocycles. The molecule has 0 spiro atoms. The number of benzene rings is 1. The van der Waals surface area contributed by atoms with Crippen molar-refractivity contribution in [2.24, 2.45) is 0 Å². The van der Waals surface area contributed by atoms with E-state index in [1.807, 2.05) is 12.1 Å². The Bertz CT molecular complexity index is 1270. The highest BCUT2D eigenvalue weighted by Crippen LogP contribution is 2.23. The van der Waals surface area contributed by atoms with Gasteiger partial charge in [-0.2, -0.15) is 15.2 Å². The Labute approximate surface area is 196 Å². The molecule has 0 bridgehead atoms. The molecular weight excluding hydrogens is 496 g/mol. The van der Waals surface area contributed by atoms with Crippen LogP contribution in [0, 0.1) is 29.6 Å². The lowest BCUT2D eigenvalue weighted by atomic mass is 10.1. The number of nitrogens with zero attached hydrogens (tertiary/aromatic N) is 7. The fourth-order valence-corrected chi connectivity index (χ4v) is 4.17. The van der Waals surface area contributed by atoms with Crippen LogP contribution in [-0.4, -0.2) is 50.1 Å². The lowest BCUT2D eigenvalue weighted by Crippen LogP contribution is -2.28. The Morgan fingerprint density at radius 1 is 1.34 bits per heavy atom. The number of carbonyl (C=O) groups excluding carboxylic acids is 2. The van der Waals surface area contributed by atoms with Crippen molar-refractivity contribution >= 4 is 39.1 Å². The molecule has 10 nitrogen and oxygen atoms in total. The average Bonchev–Trinajstić information content (AvgIpc) is 3.39. The molecule has 0 fully saturated rings. The summed E-state index contributed by atoms with van der Waals surface area (Å²) < 4.78 is 2.10. The van der Waals surface area contributed by atoms with Gasteiger partial charge in [0.1, 0.15) is 17.2 Å². The smallest absolute Gasteiger partial charge is 0.266 e. The second-order valence-corrected chi connectivity index (χ2v) is 8.72. The van der Waals surface area contributed by atoms with E-state index in [1.165, 1.54) is 28.9 Å². The Morgan fingerprint density at radius 2 is 2.09 bits per heavy atom. The van der Waals surface area contributed by atoms with E-state index < -0.39 is 6.04 Å². The molecular formula is C20H17BrN8O2S. The maximum atomic E-state index is 12.7. The molecule has 32 heavy (non-hydrogen) atoms. The van der Waals surface area contributed by atoms with Crippen molar-refractivity contribution in [3.8, 4) is 17.3 Å². The fourth-order valence-electron chi connectivity index (χ4n) is 2.81. The molecule has 2 amide bonds. The molecule has 12 heteroatoms. The quantitative estimate of drug-likeness (QED) is 0.500. The highest BCUT2D eigenvalue weighted by Gasteiger charge is 2.23. The van der Waals surface area contributed by atoms with Gasteiger partial charge in [0.25, 0.3) is 11.8 Å². The van der Waals surface area contributed by atoms with Gasteiger partial charge in [0.05, 0.1) is 29.9 Å². The first-order valence-electron chi connectivity index (χ1n) is 9.27. The van der Waals surface area contributed by atoms with Crippen LogP contribution >= 0.6 is 27.3 Å². The van der Waals surface area contributed by atoms with E-state index in [9.17, 15) is 9.59 Å². The highest BCUT2D eigenvalue weighted by molar-refractivity contribution is 9.10. The molecule has 1 atom stereocenters. The molecule has 2 heterocycles. The van der Waals surface area contributed by atoms with E-state index in [4.69, 9.17) is 10.5 Å². The van der Waals surface area contributed by atoms with Crippen LogP contribution in [0.2, 0.25) is 0 Å². The molecule has 0 aliphatic carbocycles. The van der Waals surface area contributed by atoms with Gasteiger partial charge in [-0.15, -0.1) is 5.10 Å². The zero-order valence-electron chi connectivity index (χ0n) is 17.3. The van der Waals surface area contributed by atoms with Crippen molar-refractivity contribution in [2.75, 3.05) is 13.6 Å². The number of halogens is 1. The summed E-state index contributed by atoms with van der Waals surface area (Å²) in [6.45, 7) is 3.43. The number of carbonyl (C=O) groups is 2. The SMILES string of the molecule is Cc1nc([C@H](C)NC(=O)c2cc(Br)cc(C#N)c2)n(-c2ncc(C(=O)N(C)CC#N)s2)n1. The molecule has 1 aromatic carbocycles. The monoisotopic (exact) mass is 512 g/mol. The number of thiazole rings is 1. The second-order valence-electron chi connectivity index (χ2n) is 6.79. The lowest BCUT2D eigenvalue weighted by molar-refractivity contribution is 0.0816. The predicted molar refractivity (Wildman–Crippen MR) is 119 cm³/mol. The average molecular weight is 513 g/mol. The molecule has 3 rings (SSSR count). The van der Waals surface area contributed by atoms with Crippen LogP contribution in [0.25, 0.3) is 5.13 Å². The van der Waals surface area contributed by atoms with Crippen LogP contribution in [-0.2, 0) is 0 Å². The molecule has 0 aliphatic heterocycles. The van der Waals surface area contributed by atoms with E-state index in [2.05, 4.69) is 36.3 Å². The van der Waals surface area contributed by atoms with E-state index in [-0.39, 0.29) is 18.4 Å². The lowest BCUT2D eigenvalue weighted by Gasteiger charge is -2.14. The summed E-state index contributed by atoms with van der Waals surface area (Å²) >= 11 is 4.41. The highest BCUT2D eigenvalue weighted by atomic mass is 79.9. The summed E-state index contributed by atoms with van der Waals surface area (Å²) in [5.74, 6) is 0.207. The summed E-state index contributed by atoms with van der Waals surface area (Å²) in [6, 6.07) is 8.14. The van der Waals surface area contributed by atoms with Crippen LogP contribution in [0.3, 0.4) is 0 Å². The standard InChI is InChI=1S/C20H17BrN8O2S/c1-11(25-18(30)14-6-13(9-23)7-15(21)8-14)17-26-12(2)27-29(17)20-24-10-16(32-20)19(31)28(3)5-4-22/h6-8,10-11H,5H2,1-3H3,(H,25,30)/t11-/m0/s1. The largest absolute Gasteiger partial charge is 0.342 e. The number of nitrogens with one attached hydrogen (secondary N) is 1. The zero-order chi connectivity index (χ0) is 23.4. The van der Waals surface area contributed by atoms with Gasteiger partial charge in [-0.3, -0.25) is 9.59 Å². The maximum absolute atomic E-state index is 12.7. The number of hydrogen-bond acceptors (Lipinski definition) is 8. The van der Waals surface area contributed by atoms with Crippen LogP contribution in [0.15, 0.2) is 28.9 Å². The summed E-state index contributed by atoms with van der Waals surface area (Å²) in [5.41, 5.74) is 0.686. The third-order valence-corrected chi connectivity index (χ3v) is 5.72. The molecule has 1 N–H and O–H groups in total. The van der Waals surface area contributed by atoms with Crippen LogP contribution in [0.4, 0.5) is 0 Å². The summed E-state index contributed by atoms with van der Waals surface area (Å²) in [5, 5.41) is 25.5. The van der Waals surface area contributed by atoms with Gasteiger partial charge in [0.15, 0.2) is 5.82 Å². The van der Waals surface area contributed by atoms with Crippen LogP contribution in [0.5, 0.6) is 0 Å². The van der Waals surface area contributed by atoms with Gasteiger partial charge >= 0.3 is 0 Å². The first-order valence-corrected chi connectivity index (χ1v) is 10.9. The van der Waals surface area contributed by atoms with Gasteiger partial charge < -0.3 is 10.2 Å². The number of amides is 2. The second kappa shape index (κ2) is 9.68. The van der Waals surface area contributed by atoms with Crippen LogP contribution < -0.4 is 5.32 Å². The van der Waals surface area contributed by atoms with E-state index in [0.717, 1.165) is 11.3 Å². The third kappa shape index (κ3) is 4.99. The maximum Gasteiger partial charge on any atom is 0.266 e. The number of nitriles is 2. The zero-order valence-corrected chi connectivity index (χ0v) is 19.7. The van der Waals surface area contributed by atoms with Crippen molar-refractivity contribution in [2.45, 2.75) is 19.9 Å². The van der Waals surface area contributed by atoms with Crippen molar-refractivity contribution in [3.63, 3.8) is 0 Å². The number of aromatic nitrogens is 4. The predicted octanol–water partition coefficient (Wildman–Crippen LogP) is 2.75. The van der Waals surface area contributed by atoms with Gasteiger partial charge in [-0.05, 0) is 32.0 Å². The minimum atomic E-state index is -0.544.